The molecule has 1 aromatic rings. The van der Waals surface area contributed by atoms with Crippen molar-refractivity contribution < 1.29 is 22.7 Å². The number of halogens is 3. The standard InChI is InChI=1S/C13H16F3NO2/c1-4-12(2,13(14,15)16)9-6-5-7-10(8-9)19-11(18)17-3/h5-8H,4H2,1-3H3,(H,17,18). The first-order valence-corrected chi connectivity index (χ1v) is 5.81. The summed E-state index contributed by atoms with van der Waals surface area (Å²) in [6.45, 7) is 2.60. The third-order valence-electron chi connectivity index (χ3n) is 3.22. The van der Waals surface area contributed by atoms with Crippen LogP contribution in [0.5, 0.6) is 5.75 Å². The van der Waals surface area contributed by atoms with E-state index in [0.717, 1.165) is 6.92 Å². The first kappa shape index (κ1) is 15.3. The molecule has 0 bridgehead atoms. The molecular weight excluding hydrogens is 259 g/mol. The first-order chi connectivity index (χ1) is 8.74. The van der Waals surface area contributed by atoms with Crippen molar-refractivity contribution in [3.63, 3.8) is 0 Å². The van der Waals surface area contributed by atoms with Crippen LogP contribution >= 0.6 is 0 Å². The Morgan fingerprint density at radius 1 is 1.37 bits per heavy atom. The van der Waals surface area contributed by atoms with Crippen LogP contribution in [0.25, 0.3) is 0 Å². The molecule has 0 aliphatic carbocycles. The summed E-state index contributed by atoms with van der Waals surface area (Å²) in [4.78, 5) is 11.1. The van der Waals surface area contributed by atoms with Gasteiger partial charge in [0.15, 0.2) is 0 Å². The molecule has 1 aromatic carbocycles. The van der Waals surface area contributed by atoms with Crippen LogP contribution in [-0.2, 0) is 5.41 Å². The second-order valence-electron chi connectivity index (χ2n) is 4.35. The second kappa shape index (κ2) is 5.50. The quantitative estimate of drug-likeness (QED) is 0.914. The van der Waals surface area contributed by atoms with Crippen molar-refractivity contribution in [2.45, 2.75) is 31.9 Å². The zero-order valence-corrected chi connectivity index (χ0v) is 11.0. The smallest absolute Gasteiger partial charge is 0.410 e. The number of carbonyl (C=O) groups excluding carboxylic acids is 1. The van der Waals surface area contributed by atoms with Crippen molar-refractivity contribution in [2.75, 3.05) is 7.05 Å². The molecule has 1 N–H and O–H groups in total. The monoisotopic (exact) mass is 275 g/mol. The van der Waals surface area contributed by atoms with Gasteiger partial charge in [0.2, 0.25) is 0 Å². The summed E-state index contributed by atoms with van der Waals surface area (Å²) < 4.78 is 44.2. The Balaban J connectivity index is 3.14. The molecule has 0 saturated heterocycles. The lowest BCUT2D eigenvalue weighted by atomic mass is 9.79. The molecule has 0 radical (unpaired) electrons. The van der Waals surface area contributed by atoms with Gasteiger partial charge in [-0.15, -0.1) is 0 Å². The minimum atomic E-state index is -4.37. The van der Waals surface area contributed by atoms with E-state index >= 15 is 0 Å². The van der Waals surface area contributed by atoms with Crippen LogP contribution in [0.2, 0.25) is 0 Å². The number of carbonyl (C=O) groups is 1. The number of ether oxygens (including phenoxy) is 1. The molecule has 1 rings (SSSR count). The first-order valence-electron chi connectivity index (χ1n) is 5.81. The fourth-order valence-corrected chi connectivity index (χ4v) is 1.63. The van der Waals surface area contributed by atoms with Gasteiger partial charge in [-0.3, -0.25) is 0 Å². The highest BCUT2D eigenvalue weighted by atomic mass is 19.4. The summed E-state index contributed by atoms with van der Waals surface area (Å²) in [5, 5.41) is 2.23. The van der Waals surface area contributed by atoms with Crippen molar-refractivity contribution in [3.05, 3.63) is 29.8 Å². The average molecular weight is 275 g/mol. The van der Waals surface area contributed by atoms with E-state index in [1.54, 1.807) is 0 Å². The molecule has 0 aliphatic heterocycles. The molecule has 106 valence electrons. The summed E-state index contributed by atoms with van der Waals surface area (Å²) >= 11 is 0. The molecule has 19 heavy (non-hydrogen) atoms. The fraction of sp³-hybridized carbons (Fsp3) is 0.462. The molecule has 6 heteroatoms. The maximum absolute atomic E-state index is 13.1. The molecule has 1 amide bonds. The highest BCUT2D eigenvalue weighted by Crippen LogP contribution is 2.44. The van der Waals surface area contributed by atoms with Crippen molar-refractivity contribution >= 4 is 6.09 Å². The molecule has 0 spiro atoms. The van der Waals surface area contributed by atoms with Crippen LogP contribution in [0.4, 0.5) is 18.0 Å². The number of hydrogen-bond acceptors (Lipinski definition) is 2. The highest BCUT2D eigenvalue weighted by molar-refractivity contribution is 5.69. The molecule has 0 fully saturated rings. The Labute approximate surface area is 109 Å². The molecule has 1 unspecified atom stereocenters. The van der Waals surface area contributed by atoms with Crippen LogP contribution < -0.4 is 10.1 Å². The van der Waals surface area contributed by atoms with E-state index in [1.807, 2.05) is 0 Å². The molecule has 0 heterocycles. The summed E-state index contributed by atoms with van der Waals surface area (Å²) in [6.07, 6.45) is -5.19. The molecule has 3 nitrogen and oxygen atoms in total. The van der Waals surface area contributed by atoms with Crippen molar-refractivity contribution in [1.29, 1.82) is 0 Å². The number of alkyl halides is 3. The van der Waals surface area contributed by atoms with Gasteiger partial charge in [0.1, 0.15) is 5.75 Å². The van der Waals surface area contributed by atoms with Crippen molar-refractivity contribution in [3.8, 4) is 5.75 Å². The number of hydrogen-bond donors (Lipinski definition) is 1. The van der Waals surface area contributed by atoms with Gasteiger partial charge >= 0.3 is 12.3 Å². The fourth-order valence-electron chi connectivity index (χ4n) is 1.63. The maximum Gasteiger partial charge on any atom is 0.412 e. The Bertz CT molecular complexity index is 459. The lowest BCUT2D eigenvalue weighted by Gasteiger charge is -2.31. The van der Waals surface area contributed by atoms with Crippen LogP contribution in [0.15, 0.2) is 24.3 Å². The Morgan fingerprint density at radius 3 is 2.47 bits per heavy atom. The van der Waals surface area contributed by atoms with Crippen molar-refractivity contribution in [1.82, 2.24) is 5.32 Å². The topological polar surface area (TPSA) is 38.3 Å². The van der Waals surface area contributed by atoms with Gasteiger partial charge in [-0.05, 0) is 31.0 Å². The Kier molecular flexibility index (Phi) is 4.44. The van der Waals surface area contributed by atoms with Gasteiger partial charge in [-0.1, -0.05) is 19.1 Å². The third-order valence-corrected chi connectivity index (χ3v) is 3.22. The minimum Gasteiger partial charge on any atom is -0.410 e. The van der Waals surface area contributed by atoms with E-state index in [1.165, 1.54) is 38.2 Å². The van der Waals surface area contributed by atoms with Gasteiger partial charge in [-0.25, -0.2) is 4.79 Å². The summed E-state index contributed by atoms with van der Waals surface area (Å²) in [5.41, 5.74) is -1.89. The normalized spacial score (nSPS) is 14.6. The molecule has 0 aromatic heterocycles. The summed E-state index contributed by atoms with van der Waals surface area (Å²) in [7, 11) is 1.37. The molecule has 0 saturated carbocycles. The van der Waals surface area contributed by atoms with Gasteiger partial charge in [0, 0.05) is 7.05 Å². The minimum absolute atomic E-state index is 0.0731. The highest BCUT2D eigenvalue weighted by Gasteiger charge is 2.50. The van der Waals surface area contributed by atoms with Gasteiger partial charge in [0.05, 0.1) is 5.41 Å². The molecule has 1 atom stereocenters. The van der Waals surface area contributed by atoms with Crippen LogP contribution in [0.1, 0.15) is 25.8 Å². The largest absolute Gasteiger partial charge is 0.412 e. The van der Waals surface area contributed by atoms with Crippen LogP contribution in [-0.4, -0.2) is 19.3 Å². The lowest BCUT2D eigenvalue weighted by molar-refractivity contribution is -0.186. The van der Waals surface area contributed by atoms with Gasteiger partial charge < -0.3 is 10.1 Å². The predicted octanol–water partition coefficient (Wildman–Crippen LogP) is 3.63. The zero-order chi connectivity index (χ0) is 14.7. The van der Waals surface area contributed by atoms with E-state index in [9.17, 15) is 18.0 Å². The zero-order valence-electron chi connectivity index (χ0n) is 11.0. The maximum atomic E-state index is 13.1. The number of rotatable bonds is 3. The predicted molar refractivity (Wildman–Crippen MR) is 65.2 cm³/mol. The Morgan fingerprint density at radius 2 is 2.00 bits per heavy atom. The Hall–Kier alpha value is -1.72. The van der Waals surface area contributed by atoms with Crippen molar-refractivity contribution in [2.24, 2.45) is 0 Å². The lowest BCUT2D eigenvalue weighted by Crippen LogP contribution is -2.38. The second-order valence-corrected chi connectivity index (χ2v) is 4.35. The summed E-state index contributed by atoms with van der Waals surface area (Å²) in [5.74, 6) is 0.0841. The van der Waals surface area contributed by atoms with E-state index in [2.05, 4.69) is 5.32 Å². The van der Waals surface area contributed by atoms with E-state index in [0.29, 0.717) is 0 Å². The average Bonchev–Trinajstić information content (AvgIpc) is 2.36. The van der Waals surface area contributed by atoms with Crippen LogP contribution in [0, 0.1) is 0 Å². The van der Waals surface area contributed by atoms with E-state index < -0.39 is 17.7 Å². The molecule has 0 aliphatic rings. The van der Waals surface area contributed by atoms with Crippen LogP contribution in [0.3, 0.4) is 0 Å². The number of nitrogens with one attached hydrogen (secondary N) is 1. The van der Waals surface area contributed by atoms with E-state index in [-0.39, 0.29) is 17.7 Å². The van der Waals surface area contributed by atoms with Gasteiger partial charge in [-0.2, -0.15) is 13.2 Å². The summed E-state index contributed by atoms with van der Waals surface area (Å²) in [6, 6.07) is 5.50. The number of amides is 1. The third kappa shape index (κ3) is 3.19. The SMILES string of the molecule is CCC(C)(c1cccc(OC(=O)NC)c1)C(F)(F)F. The van der Waals surface area contributed by atoms with E-state index in [4.69, 9.17) is 4.74 Å². The van der Waals surface area contributed by atoms with Gasteiger partial charge in [0.25, 0.3) is 0 Å². The number of benzene rings is 1. The molecular formula is C13H16F3NO2.